The van der Waals surface area contributed by atoms with Crippen LogP contribution in [0.25, 0.3) is 0 Å². The zero-order valence-corrected chi connectivity index (χ0v) is 5.67. The lowest BCUT2D eigenvalue weighted by atomic mass is 10.3. The molecule has 0 spiro atoms. The first-order chi connectivity index (χ1) is 3.66. The van der Waals surface area contributed by atoms with Crippen LogP contribution in [0, 0.1) is 0 Å². The molecule has 0 saturated carbocycles. The summed E-state index contributed by atoms with van der Waals surface area (Å²) in [6.07, 6.45) is -4.59. The maximum atomic E-state index is 11.9. The Hall–Kier alpha value is 0.270. The molecular weight excluding hydrogens is 185 g/mol. The van der Waals surface area contributed by atoms with E-state index in [1.54, 1.807) is 0 Å². The average molecular weight is 191 g/mol. The van der Waals surface area contributed by atoms with E-state index in [0.29, 0.717) is 0 Å². The molecule has 0 nitrogen and oxygen atoms in total. The second-order valence-electron chi connectivity index (χ2n) is 1.38. The predicted octanol–water partition coefficient (Wildman–Crippen LogP) is 2.37. The van der Waals surface area contributed by atoms with Gasteiger partial charge in [-0.25, -0.2) is 13.2 Å². The molecule has 0 saturated heterocycles. The van der Waals surface area contributed by atoms with Crippen LogP contribution in [0.5, 0.6) is 0 Å². The maximum absolute atomic E-state index is 11.9. The van der Waals surface area contributed by atoms with Gasteiger partial charge in [0.1, 0.15) is 6.17 Å². The molecule has 4 heteroatoms. The standard InChI is InChI=1S/C4H6BrF3/c5-2-3(6)1-4(7)8/h3-4H,1-2H2/t3-/m1/s1. The second-order valence-corrected chi connectivity index (χ2v) is 2.03. The normalized spacial score (nSPS) is 14.6. The van der Waals surface area contributed by atoms with Gasteiger partial charge in [-0.3, -0.25) is 0 Å². The van der Waals surface area contributed by atoms with Gasteiger partial charge < -0.3 is 0 Å². The highest BCUT2D eigenvalue weighted by molar-refractivity contribution is 9.09. The Labute approximate surface area is 54.2 Å². The fraction of sp³-hybridized carbons (Fsp3) is 1.00. The van der Waals surface area contributed by atoms with Crippen LogP contribution in [0.3, 0.4) is 0 Å². The molecule has 0 aliphatic rings. The van der Waals surface area contributed by atoms with Gasteiger partial charge in [-0.05, 0) is 0 Å². The summed E-state index contributed by atoms with van der Waals surface area (Å²) in [6.45, 7) is 0. The van der Waals surface area contributed by atoms with E-state index in [1.807, 2.05) is 0 Å². The van der Waals surface area contributed by atoms with Crippen molar-refractivity contribution in [3.05, 3.63) is 0 Å². The average Bonchev–Trinajstić information content (AvgIpc) is 1.65. The quantitative estimate of drug-likeness (QED) is 0.600. The van der Waals surface area contributed by atoms with E-state index < -0.39 is 19.0 Å². The summed E-state index contributed by atoms with van der Waals surface area (Å²) in [5.41, 5.74) is 0. The van der Waals surface area contributed by atoms with Crippen molar-refractivity contribution >= 4 is 15.9 Å². The summed E-state index contributed by atoms with van der Waals surface area (Å²) in [5.74, 6) is 0. The number of hydrogen-bond acceptors (Lipinski definition) is 0. The smallest absolute Gasteiger partial charge is 0.241 e. The van der Waals surface area contributed by atoms with Crippen LogP contribution in [0.2, 0.25) is 0 Å². The van der Waals surface area contributed by atoms with Crippen LogP contribution in [0.4, 0.5) is 13.2 Å². The summed E-state index contributed by atoms with van der Waals surface area (Å²) in [5, 5.41) is -0.00264. The minimum absolute atomic E-state index is 0.00264. The van der Waals surface area contributed by atoms with Crippen LogP contribution < -0.4 is 0 Å². The van der Waals surface area contributed by atoms with Gasteiger partial charge in [-0.2, -0.15) is 0 Å². The molecule has 8 heavy (non-hydrogen) atoms. The monoisotopic (exact) mass is 190 g/mol. The van der Waals surface area contributed by atoms with Crippen molar-refractivity contribution in [3.63, 3.8) is 0 Å². The summed E-state index contributed by atoms with van der Waals surface area (Å²) < 4.78 is 34.3. The third kappa shape index (κ3) is 4.43. The first-order valence-electron chi connectivity index (χ1n) is 2.15. The van der Waals surface area contributed by atoms with Gasteiger partial charge in [0.25, 0.3) is 0 Å². The van der Waals surface area contributed by atoms with E-state index >= 15 is 0 Å². The van der Waals surface area contributed by atoms with Gasteiger partial charge >= 0.3 is 0 Å². The van der Waals surface area contributed by atoms with Gasteiger partial charge in [-0.1, -0.05) is 15.9 Å². The van der Waals surface area contributed by atoms with Gasteiger partial charge in [0, 0.05) is 11.8 Å². The zero-order valence-electron chi connectivity index (χ0n) is 4.08. The van der Waals surface area contributed by atoms with Crippen molar-refractivity contribution in [3.8, 4) is 0 Å². The Balaban J connectivity index is 3.10. The first-order valence-corrected chi connectivity index (χ1v) is 3.27. The SMILES string of the molecule is FC(F)C[C@@H](F)CBr. The third-order valence-corrected chi connectivity index (χ3v) is 1.30. The molecule has 0 amide bonds. The highest BCUT2D eigenvalue weighted by Gasteiger charge is 2.11. The summed E-state index contributed by atoms with van der Waals surface area (Å²) >= 11 is 2.73. The Bertz CT molecular complexity index is 57.2. The molecule has 0 aromatic heterocycles. The van der Waals surface area contributed by atoms with E-state index in [-0.39, 0.29) is 5.33 Å². The number of alkyl halides is 4. The summed E-state index contributed by atoms with van der Waals surface area (Å²) in [4.78, 5) is 0. The van der Waals surface area contributed by atoms with Gasteiger partial charge in [0.2, 0.25) is 6.43 Å². The lowest BCUT2D eigenvalue weighted by Gasteiger charge is -1.99. The Kier molecular flexibility index (Phi) is 4.32. The molecular formula is C4H6BrF3. The molecule has 0 aromatic carbocycles. The van der Waals surface area contributed by atoms with Crippen molar-refractivity contribution in [1.29, 1.82) is 0 Å². The summed E-state index contributed by atoms with van der Waals surface area (Å²) in [6, 6.07) is 0. The Morgan fingerprint density at radius 1 is 1.25 bits per heavy atom. The number of hydrogen-bond donors (Lipinski definition) is 0. The molecule has 0 aliphatic carbocycles. The van der Waals surface area contributed by atoms with Crippen LogP contribution in [-0.4, -0.2) is 17.9 Å². The fourth-order valence-corrected chi connectivity index (χ4v) is 0.521. The first kappa shape index (κ1) is 8.27. The second kappa shape index (κ2) is 4.18. The highest BCUT2D eigenvalue weighted by atomic mass is 79.9. The van der Waals surface area contributed by atoms with Crippen LogP contribution in [0.1, 0.15) is 6.42 Å². The Morgan fingerprint density at radius 3 is 1.88 bits per heavy atom. The van der Waals surface area contributed by atoms with E-state index in [0.717, 1.165) is 0 Å². The Morgan fingerprint density at radius 2 is 1.75 bits per heavy atom. The molecule has 0 unspecified atom stereocenters. The van der Waals surface area contributed by atoms with E-state index in [2.05, 4.69) is 15.9 Å². The van der Waals surface area contributed by atoms with Gasteiger partial charge in [0.05, 0.1) is 0 Å². The van der Waals surface area contributed by atoms with E-state index in [1.165, 1.54) is 0 Å². The molecule has 1 atom stereocenters. The van der Waals surface area contributed by atoms with Gasteiger partial charge in [-0.15, -0.1) is 0 Å². The van der Waals surface area contributed by atoms with Gasteiger partial charge in [0.15, 0.2) is 0 Å². The summed E-state index contributed by atoms with van der Waals surface area (Å²) in [7, 11) is 0. The number of halogens is 4. The zero-order chi connectivity index (χ0) is 6.57. The molecule has 50 valence electrons. The fourth-order valence-electron chi connectivity index (χ4n) is 0.256. The molecule has 0 heterocycles. The largest absolute Gasteiger partial charge is 0.246 e. The number of rotatable bonds is 3. The van der Waals surface area contributed by atoms with Crippen molar-refractivity contribution < 1.29 is 13.2 Å². The van der Waals surface area contributed by atoms with Crippen molar-refractivity contribution in [2.24, 2.45) is 0 Å². The van der Waals surface area contributed by atoms with Crippen molar-refractivity contribution in [1.82, 2.24) is 0 Å². The van der Waals surface area contributed by atoms with E-state index in [9.17, 15) is 13.2 Å². The molecule has 0 rings (SSSR count). The molecule has 0 aliphatic heterocycles. The predicted molar refractivity (Wildman–Crippen MR) is 29.3 cm³/mol. The van der Waals surface area contributed by atoms with Crippen LogP contribution >= 0.6 is 15.9 Å². The minimum Gasteiger partial charge on any atom is -0.246 e. The lowest BCUT2D eigenvalue weighted by Crippen LogP contribution is -2.06. The molecule has 0 radical (unpaired) electrons. The van der Waals surface area contributed by atoms with Crippen molar-refractivity contribution in [2.45, 2.75) is 19.0 Å². The van der Waals surface area contributed by atoms with Crippen molar-refractivity contribution in [2.75, 3.05) is 5.33 Å². The van der Waals surface area contributed by atoms with Crippen LogP contribution in [-0.2, 0) is 0 Å². The highest BCUT2D eigenvalue weighted by Crippen LogP contribution is 2.08. The molecule has 0 bridgehead atoms. The van der Waals surface area contributed by atoms with E-state index in [4.69, 9.17) is 0 Å². The van der Waals surface area contributed by atoms with Crippen LogP contribution in [0.15, 0.2) is 0 Å². The maximum Gasteiger partial charge on any atom is 0.241 e. The minimum atomic E-state index is -2.53. The molecule has 0 fully saturated rings. The molecule has 0 aromatic rings. The lowest BCUT2D eigenvalue weighted by molar-refractivity contribution is 0.107. The topological polar surface area (TPSA) is 0 Å². The molecule has 0 N–H and O–H groups in total. The third-order valence-electron chi connectivity index (χ3n) is 0.601.